The first-order valence-corrected chi connectivity index (χ1v) is 11.9. The molecule has 1 aliphatic carbocycles. The molecule has 2 aromatic rings. The van der Waals surface area contributed by atoms with E-state index in [1.807, 2.05) is 6.92 Å². The third-order valence-electron chi connectivity index (χ3n) is 6.38. The van der Waals surface area contributed by atoms with Gasteiger partial charge in [0.05, 0.1) is 12.2 Å². The molecule has 0 heterocycles. The van der Waals surface area contributed by atoms with Crippen LogP contribution in [0.15, 0.2) is 36.4 Å². The Hall–Kier alpha value is -2.43. The Bertz CT molecular complexity index is 871. The molecule has 3 rings (SSSR count). The quantitative estimate of drug-likeness (QED) is 0.281. The molecule has 0 saturated heterocycles. The standard InChI is InChI=1S/C27H34F2O3/c1-3-5-19-6-8-20(9-7-19)10-11-21-14-17-24(26(29)25(21)28)32-27(30)22-12-15-23(16-13-22)31-18-4-2/h12-17,19-20H,3-11,18H2,1-2H3. The van der Waals surface area contributed by atoms with Crippen LogP contribution in [-0.2, 0) is 6.42 Å². The van der Waals surface area contributed by atoms with Crippen LogP contribution < -0.4 is 9.47 Å². The first kappa shape index (κ1) is 24.2. The lowest BCUT2D eigenvalue weighted by Crippen LogP contribution is -2.15. The molecule has 1 saturated carbocycles. The highest BCUT2D eigenvalue weighted by atomic mass is 19.2. The fourth-order valence-electron chi connectivity index (χ4n) is 4.49. The highest BCUT2D eigenvalue weighted by Gasteiger charge is 2.22. The number of carbonyl (C=O) groups excluding carboxylic acids is 1. The van der Waals surface area contributed by atoms with Crippen molar-refractivity contribution in [1.82, 2.24) is 0 Å². The molecule has 32 heavy (non-hydrogen) atoms. The van der Waals surface area contributed by atoms with Crippen molar-refractivity contribution in [2.75, 3.05) is 6.61 Å². The number of hydrogen-bond acceptors (Lipinski definition) is 3. The lowest BCUT2D eigenvalue weighted by Gasteiger charge is -2.28. The molecule has 0 bridgehead atoms. The van der Waals surface area contributed by atoms with Gasteiger partial charge in [-0.1, -0.05) is 58.4 Å². The predicted octanol–water partition coefficient (Wildman–Crippen LogP) is 7.51. The Morgan fingerprint density at radius 2 is 1.53 bits per heavy atom. The van der Waals surface area contributed by atoms with E-state index in [0.29, 0.717) is 30.3 Å². The zero-order valence-corrected chi connectivity index (χ0v) is 19.2. The van der Waals surface area contributed by atoms with Gasteiger partial charge < -0.3 is 9.47 Å². The molecule has 0 amide bonds. The van der Waals surface area contributed by atoms with Crippen molar-refractivity contribution in [3.63, 3.8) is 0 Å². The molecular weight excluding hydrogens is 410 g/mol. The molecule has 2 aromatic carbocycles. The van der Waals surface area contributed by atoms with E-state index in [0.717, 1.165) is 18.8 Å². The van der Waals surface area contributed by atoms with E-state index in [1.165, 1.54) is 50.7 Å². The monoisotopic (exact) mass is 444 g/mol. The summed E-state index contributed by atoms with van der Waals surface area (Å²) in [5.74, 6) is -1.09. The van der Waals surface area contributed by atoms with Crippen LogP contribution in [0.1, 0.15) is 81.1 Å². The minimum absolute atomic E-state index is 0.247. The summed E-state index contributed by atoms with van der Waals surface area (Å²) in [5, 5.41) is 0. The van der Waals surface area contributed by atoms with Crippen LogP contribution in [-0.4, -0.2) is 12.6 Å². The number of halogens is 2. The zero-order valence-electron chi connectivity index (χ0n) is 19.2. The summed E-state index contributed by atoms with van der Waals surface area (Å²) in [6, 6.07) is 9.29. The summed E-state index contributed by atoms with van der Waals surface area (Å²) in [4.78, 5) is 12.3. The summed E-state index contributed by atoms with van der Waals surface area (Å²) >= 11 is 0. The maximum absolute atomic E-state index is 14.6. The zero-order chi connectivity index (χ0) is 22.9. The van der Waals surface area contributed by atoms with Gasteiger partial charge in [-0.05, 0) is 67.0 Å². The van der Waals surface area contributed by atoms with Crippen molar-refractivity contribution in [2.45, 2.75) is 71.6 Å². The second kappa shape index (κ2) is 12.0. The minimum atomic E-state index is -1.11. The normalized spacial score (nSPS) is 18.4. The largest absolute Gasteiger partial charge is 0.494 e. The van der Waals surface area contributed by atoms with Crippen LogP contribution in [0.25, 0.3) is 0 Å². The molecule has 0 aromatic heterocycles. The summed E-state index contributed by atoms with van der Waals surface area (Å²) in [7, 11) is 0. The van der Waals surface area contributed by atoms with E-state index in [9.17, 15) is 13.6 Å². The van der Waals surface area contributed by atoms with Gasteiger partial charge in [0.1, 0.15) is 5.75 Å². The van der Waals surface area contributed by atoms with Crippen molar-refractivity contribution < 1.29 is 23.0 Å². The highest BCUT2D eigenvalue weighted by Crippen LogP contribution is 2.34. The third-order valence-corrected chi connectivity index (χ3v) is 6.38. The fraction of sp³-hybridized carbons (Fsp3) is 0.519. The Balaban J connectivity index is 1.55. The molecular formula is C27H34F2O3. The first-order chi connectivity index (χ1) is 15.5. The lowest BCUT2D eigenvalue weighted by atomic mass is 9.78. The topological polar surface area (TPSA) is 35.5 Å². The molecule has 3 nitrogen and oxygen atoms in total. The summed E-state index contributed by atoms with van der Waals surface area (Å²) in [6.07, 6.45) is 9.61. The summed E-state index contributed by atoms with van der Waals surface area (Å²) in [5.41, 5.74) is 0.590. The van der Waals surface area contributed by atoms with Gasteiger partial charge in [-0.25, -0.2) is 9.18 Å². The summed E-state index contributed by atoms with van der Waals surface area (Å²) < 4.78 is 39.8. The van der Waals surface area contributed by atoms with Gasteiger partial charge in [0.15, 0.2) is 11.6 Å². The van der Waals surface area contributed by atoms with E-state index in [4.69, 9.17) is 9.47 Å². The maximum Gasteiger partial charge on any atom is 0.343 e. The minimum Gasteiger partial charge on any atom is -0.494 e. The number of hydrogen-bond donors (Lipinski definition) is 0. The SMILES string of the molecule is CCCOc1ccc(C(=O)Oc2ccc(CCC3CCC(CCC)CC3)c(F)c2F)cc1. The van der Waals surface area contributed by atoms with E-state index in [1.54, 1.807) is 24.3 Å². The average molecular weight is 445 g/mol. The van der Waals surface area contributed by atoms with Crippen LogP contribution in [0, 0.1) is 23.5 Å². The van der Waals surface area contributed by atoms with Crippen LogP contribution in [0.2, 0.25) is 0 Å². The number of carbonyl (C=O) groups is 1. The maximum atomic E-state index is 14.6. The molecule has 0 atom stereocenters. The number of esters is 1. The Morgan fingerprint density at radius 1 is 0.875 bits per heavy atom. The van der Waals surface area contributed by atoms with Crippen molar-refractivity contribution in [3.05, 3.63) is 59.2 Å². The molecule has 0 N–H and O–H groups in total. The van der Waals surface area contributed by atoms with Crippen LogP contribution in [0.4, 0.5) is 8.78 Å². The van der Waals surface area contributed by atoms with Gasteiger partial charge in [0.25, 0.3) is 0 Å². The van der Waals surface area contributed by atoms with Crippen molar-refractivity contribution in [1.29, 1.82) is 0 Å². The van der Waals surface area contributed by atoms with Gasteiger partial charge >= 0.3 is 5.97 Å². The number of benzene rings is 2. The van der Waals surface area contributed by atoms with E-state index < -0.39 is 17.6 Å². The fourth-order valence-corrected chi connectivity index (χ4v) is 4.49. The molecule has 0 spiro atoms. The molecule has 0 unspecified atom stereocenters. The Morgan fingerprint density at radius 3 is 2.16 bits per heavy atom. The van der Waals surface area contributed by atoms with Gasteiger partial charge in [-0.15, -0.1) is 0 Å². The summed E-state index contributed by atoms with van der Waals surface area (Å²) in [6.45, 7) is 4.81. The molecule has 0 radical (unpaired) electrons. The average Bonchev–Trinajstić information content (AvgIpc) is 2.81. The lowest BCUT2D eigenvalue weighted by molar-refractivity contribution is 0.0726. The van der Waals surface area contributed by atoms with Gasteiger partial charge in [0, 0.05) is 0 Å². The second-order valence-corrected chi connectivity index (χ2v) is 8.83. The van der Waals surface area contributed by atoms with E-state index in [-0.39, 0.29) is 11.3 Å². The molecule has 174 valence electrons. The second-order valence-electron chi connectivity index (χ2n) is 8.83. The first-order valence-electron chi connectivity index (χ1n) is 11.9. The van der Waals surface area contributed by atoms with Crippen LogP contribution in [0.5, 0.6) is 11.5 Å². The van der Waals surface area contributed by atoms with Crippen molar-refractivity contribution >= 4 is 5.97 Å². The van der Waals surface area contributed by atoms with Crippen LogP contribution >= 0.6 is 0 Å². The predicted molar refractivity (Wildman–Crippen MR) is 122 cm³/mol. The number of aryl methyl sites for hydroxylation is 1. The van der Waals surface area contributed by atoms with Gasteiger partial charge in [-0.3, -0.25) is 0 Å². The van der Waals surface area contributed by atoms with Crippen LogP contribution in [0.3, 0.4) is 0 Å². The molecule has 5 heteroatoms. The Labute approximate surface area is 190 Å². The third kappa shape index (κ3) is 6.54. The van der Waals surface area contributed by atoms with Gasteiger partial charge in [-0.2, -0.15) is 4.39 Å². The smallest absolute Gasteiger partial charge is 0.343 e. The van der Waals surface area contributed by atoms with Crippen molar-refractivity contribution in [2.24, 2.45) is 11.8 Å². The van der Waals surface area contributed by atoms with Gasteiger partial charge in [0.2, 0.25) is 5.82 Å². The molecule has 1 aliphatic rings. The highest BCUT2D eigenvalue weighted by molar-refractivity contribution is 5.91. The molecule has 1 fully saturated rings. The molecule has 0 aliphatic heterocycles. The van der Waals surface area contributed by atoms with Crippen molar-refractivity contribution in [3.8, 4) is 11.5 Å². The Kier molecular flexibility index (Phi) is 9.07. The van der Waals surface area contributed by atoms with E-state index >= 15 is 0 Å². The van der Waals surface area contributed by atoms with E-state index in [2.05, 4.69) is 6.92 Å². The number of rotatable bonds is 10. The number of ether oxygens (including phenoxy) is 2.